The number of hydrazine groups is 1. The van der Waals surface area contributed by atoms with Crippen molar-refractivity contribution in [3.63, 3.8) is 0 Å². The lowest BCUT2D eigenvalue weighted by molar-refractivity contribution is -0.387. The van der Waals surface area contributed by atoms with Crippen molar-refractivity contribution < 1.29 is 14.6 Å². The van der Waals surface area contributed by atoms with E-state index in [9.17, 15) is 20.2 Å². The van der Waals surface area contributed by atoms with Crippen molar-refractivity contribution in [1.82, 2.24) is 0 Å². The smallest absolute Gasteiger partial charge is 0.335 e. The first-order valence-corrected chi connectivity index (χ1v) is 5.70. The van der Waals surface area contributed by atoms with Gasteiger partial charge in [-0.2, -0.15) is 0 Å². The second kappa shape index (κ2) is 5.84. The Kier molecular flexibility index (Phi) is 3.95. The van der Waals surface area contributed by atoms with Crippen molar-refractivity contribution in [2.24, 2.45) is 5.84 Å². The summed E-state index contributed by atoms with van der Waals surface area (Å²) in [5.41, 5.74) is 1.52. The van der Waals surface area contributed by atoms with E-state index in [0.717, 1.165) is 0 Å². The maximum absolute atomic E-state index is 11.1. The van der Waals surface area contributed by atoms with Crippen LogP contribution in [0.25, 0.3) is 0 Å². The Morgan fingerprint density at radius 3 is 2.24 bits per heavy atom. The molecular formula is C12H10N4O5. The van der Waals surface area contributed by atoms with E-state index < -0.39 is 15.5 Å². The van der Waals surface area contributed by atoms with Crippen molar-refractivity contribution >= 4 is 17.1 Å². The van der Waals surface area contributed by atoms with Crippen molar-refractivity contribution in [3.8, 4) is 11.5 Å². The van der Waals surface area contributed by atoms with Crippen molar-refractivity contribution in [1.29, 1.82) is 0 Å². The molecule has 0 heterocycles. The van der Waals surface area contributed by atoms with Gasteiger partial charge < -0.3 is 10.2 Å². The van der Waals surface area contributed by atoms with Gasteiger partial charge in [-0.15, -0.1) is 0 Å². The minimum atomic E-state index is -0.681. The van der Waals surface area contributed by atoms with Gasteiger partial charge in [-0.3, -0.25) is 26.1 Å². The third-order valence-electron chi connectivity index (χ3n) is 2.62. The van der Waals surface area contributed by atoms with E-state index in [1.165, 1.54) is 42.5 Å². The molecule has 0 amide bonds. The number of hydrogen-bond donors (Lipinski definition) is 2. The fourth-order valence-corrected chi connectivity index (χ4v) is 1.72. The Morgan fingerprint density at radius 1 is 0.952 bits per heavy atom. The molecule has 21 heavy (non-hydrogen) atoms. The van der Waals surface area contributed by atoms with Gasteiger partial charge in [0.05, 0.1) is 9.85 Å². The molecule has 2 rings (SSSR count). The van der Waals surface area contributed by atoms with Crippen LogP contribution in [0.4, 0.5) is 17.1 Å². The number of anilines is 1. The number of nitrogens with zero attached hydrogens (tertiary/aromatic N) is 2. The summed E-state index contributed by atoms with van der Waals surface area (Å²) >= 11 is 0. The van der Waals surface area contributed by atoms with Crippen molar-refractivity contribution in [2.75, 3.05) is 5.43 Å². The molecular weight excluding hydrogens is 280 g/mol. The number of hydrogen-bond acceptors (Lipinski definition) is 7. The van der Waals surface area contributed by atoms with Gasteiger partial charge in [0.2, 0.25) is 11.5 Å². The number of ether oxygens (including phenoxy) is 1. The van der Waals surface area contributed by atoms with E-state index in [4.69, 9.17) is 10.6 Å². The summed E-state index contributed by atoms with van der Waals surface area (Å²) in [6.07, 6.45) is 0. The number of benzene rings is 2. The van der Waals surface area contributed by atoms with Crippen LogP contribution >= 0.6 is 0 Å². The zero-order chi connectivity index (χ0) is 15.4. The molecule has 0 aliphatic rings. The molecule has 0 radical (unpaired) electrons. The Morgan fingerprint density at radius 2 is 1.62 bits per heavy atom. The summed E-state index contributed by atoms with van der Waals surface area (Å²) in [4.78, 5) is 20.7. The zero-order valence-corrected chi connectivity index (χ0v) is 10.6. The summed E-state index contributed by atoms with van der Waals surface area (Å²) in [5.74, 6) is 4.96. The molecule has 0 fully saturated rings. The first kappa shape index (κ1) is 14.2. The number of rotatable bonds is 5. The van der Waals surface area contributed by atoms with Crippen molar-refractivity contribution in [3.05, 3.63) is 62.7 Å². The minimum Gasteiger partial charge on any atom is -0.443 e. The van der Waals surface area contributed by atoms with E-state index >= 15 is 0 Å². The van der Waals surface area contributed by atoms with Crippen molar-refractivity contribution in [2.45, 2.75) is 0 Å². The molecule has 9 nitrogen and oxygen atoms in total. The molecule has 0 saturated carbocycles. The van der Waals surface area contributed by atoms with E-state index in [0.29, 0.717) is 0 Å². The molecule has 3 N–H and O–H groups in total. The SMILES string of the molecule is NNc1cccc(Oc2ccccc2[N+](=O)[O-])c1[N+](=O)[O-]. The lowest BCUT2D eigenvalue weighted by Gasteiger charge is -2.09. The molecule has 0 aliphatic carbocycles. The average molecular weight is 290 g/mol. The molecule has 0 aromatic heterocycles. The standard InChI is InChI=1S/C12H10N4O5/c13-14-8-4-3-7-11(12(8)16(19)20)21-10-6-2-1-5-9(10)15(17)18/h1-7,14H,13H2. The fourth-order valence-electron chi connectivity index (χ4n) is 1.72. The zero-order valence-electron chi connectivity index (χ0n) is 10.6. The first-order valence-electron chi connectivity index (χ1n) is 5.70. The van der Waals surface area contributed by atoms with Gasteiger partial charge in [0.25, 0.3) is 0 Å². The summed E-state index contributed by atoms with van der Waals surface area (Å²) in [6.45, 7) is 0. The normalized spacial score (nSPS) is 9.95. The van der Waals surface area contributed by atoms with Crippen LogP contribution in [0.2, 0.25) is 0 Å². The highest BCUT2D eigenvalue weighted by Crippen LogP contribution is 2.39. The van der Waals surface area contributed by atoms with Gasteiger partial charge in [0, 0.05) is 6.07 Å². The monoisotopic (exact) mass is 290 g/mol. The van der Waals surface area contributed by atoms with E-state index in [1.54, 1.807) is 0 Å². The number of para-hydroxylation sites is 3. The minimum absolute atomic E-state index is 0.0380. The van der Waals surface area contributed by atoms with Crippen LogP contribution in [0, 0.1) is 20.2 Å². The number of nitrogens with two attached hydrogens (primary N) is 1. The third-order valence-corrected chi connectivity index (χ3v) is 2.62. The van der Waals surface area contributed by atoms with E-state index in [2.05, 4.69) is 5.43 Å². The van der Waals surface area contributed by atoms with Crippen LogP contribution in [0.1, 0.15) is 0 Å². The van der Waals surface area contributed by atoms with Gasteiger partial charge in [-0.1, -0.05) is 18.2 Å². The van der Waals surface area contributed by atoms with E-state index in [1.807, 2.05) is 0 Å². The summed E-state index contributed by atoms with van der Waals surface area (Å²) in [7, 11) is 0. The largest absolute Gasteiger partial charge is 0.443 e. The van der Waals surface area contributed by atoms with Crippen LogP contribution in [0.5, 0.6) is 11.5 Å². The number of nitrogen functional groups attached to an aromatic ring is 1. The predicted octanol–water partition coefficient (Wildman–Crippen LogP) is 2.58. The molecule has 2 aromatic rings. The molecule has 9 heteroatoms. The van der Waals surface area contributed by atoms with Gasteiger partial charge in [0.15, 0.2) is 0 Å². The summed E-state index contributed by atoms with van der Waals surface area (Å²) < 4.78 is 5.33. The van der Waals surface area contributed by atoms with Crippen LogP contribution < -0.4 is 16.0 Å². The quantitative estimate of drug-likeness (QED) is 0.491. The van der Waals surface area contributed by atoms with Gasteiger partial charge in [-0.05, 0) is 18.2 Å². The average Bonchev–Trinajstić information content (AvgIpc) is 2.47. The molecule has 0 bridgehead atoms. The topological polar surface area (TPSA) is 134 Å². The molecule has 0 aliphatic heterocycles. The van der Waals surface area contributed by atoms with Crippen LogP contribution in [-0.4, -0.2) is 9.85 Å². The lowest BCUT2D eigenvalue weighted by Crippen LogP contribution is -2.09. The maximum Gasteiger partial charge on any atom is 0.335 e. The predicted molar refractivity (Wildman–Crippen MR) is 74.1 cm³/mol. The number of nitro groups is 2. The fraction of sp³-hybridized carbons (Fsp3) is 0. The summed E-state index contributed by atoms with van der Waals surface area (Å²) in [5, 5.41) is 22.0. The highest BCUT2D eigenvalue weighted by molar-refractivity contribution is 5.68. The lowest BCUT2D eigenvalue weighted by atomic mass is 10.2. The van der Waals surface area contributed by atoms with Crippen LogP contribution in [-0.2, 0) is 0 Å². The maximum atomic E-state index is 11.1. The Labute approximate surface area is 118 Å². The highest BCUT2D eigenvalue weighted by Gasteiger charge is 2.23. The highest BCUT2D eigenvalue weighted by atomic mass is 16.6. The first-order chi connectivity index (χ1) is 10.0. The third kappa shape index (κ3) is 2.87. The second-order valence-electron chi connectivity index (χ2n) is 3.88. The Balaban J connectivity index is 2.50. The second-order valence-corrected chi connectivity index (χ2v) is 3.88. The summed E-state index contributed by atoms with van der Waals surface area (Å²) in [6, 6.07) is 9.79. The van der Waals surface area contributed by atoms with Gasteiger partial charge in [-0.25, -0.2) is 0 Å². The van der Waals surface area contributed by atoms with Gasteiger partial charge in [0.1, 0.15) is 5.69 Å². The van der Waals surface area contributed by atoms with Crippen LogP contribution in [0.15, 0.2) is 42.5 Å². The molecule has 0 atom stereocenters. The Hall–Kier alpha value is -3.20. The van der Waals surface area contributed by atoms with Crippen LogP contribution in [0.3, 0.4) is 0 Å². The molecule has 0 saturated heterocycles. The molecule has 2 aromatic carbocycles. The Bertz CT molecular complexity index is 704. The molecule has 0 unspecified atom stereocenters. The molecule has 0 spiro atoms. The molecule has 108 valence electrons. The number of nitrogens with one attached hydrogen (secondary N) is 1. The number of nitro benzene ring substituents is 2. The van der Waals surface area contributed by atoms with Gasteiger partial charge >= 0.3 is 11.4 Å². The van der Waals surface area contributed by atoms with E-state index in [-0.39, 0.29) is 22.9 Å².